The Labute approximate surface area is 179 Å². The van der Waals surface area contributed by atoms with Gasteiger partial charge in [0.15, 0.2) is 0 Å². The smallest absolute Gasteiger partial charge is 0.249 e. The Balaban J connectivity index is 1.42. The van der Waals surface area contributed by atoms with Gasteiger partial charge in [-0.3, -0.25) is 14.9 Å². The van der Waals surface area contributed by atoms with E-state index in [1.807, 2.05) is 11.0 Å². The number of ether oxygens (including phenoxy) is 1. The third-order valence-corrected chi connectivity index (χ3v) is 5.35. The Morgan fingerprint density at radius 3 is 2.48 bits per heavy atom. The molecule has 31 heavy (non-hydrogen) atoms. The highest BCUT2D eigenvalue weighted by Crippen LogP contribution is 2.24. The van der Waals surface area contributed by atoms with Crippen molar-refractivity contribution in [3.63, 3.8) is 0 Å². The fourth-order valence-electron chi connectivity index (χ4n) is 3.68. The summed E-state index contributed by atoms with van der Waals surface area (Å²) in [7, 11) is 1.53. The highest BCUT2D eigenvalue weighted by Gasteiger charge is 2.31. The van der Waals surface area contributed by atoms with Gasteiger partial charge >= 0.3 is 0 Å². The molecule has 2 amide bonds. The van der Waals surface area contributed by atoms with Gasteiger partial charge in [0.05, 0.1) is 19.2 Å². The second kappa shape index (κ2) is 9.03. The fraction of sp³-hybridized carbons (Fsp3) is 0.318. The summed E-state index contributed by atoms with van der Waals surface area (Å²) in [6.07, 6.45) is -0.0139. The van der Waals surface area contributed by atoms with Crippen molar-refractivity contribution in [2.45, 2.75) is 12.5 Å². The van der Waals surface area contributed by atoms with Crippen molar-refractivity contribution in [3.8, 4) is 5.75 Å². The molecule has 162 valence electrons. The molecule has 8 nitrogen and oxygen atoms in total. The van der Waals surface area contributed by atoms with Gasteiger partial charge in [-0.25, -0.2) is 9.38 Å². The van der Waals surface area contributed by atoms with Crippen molar-refractivity contribution in [1.82, 2.24) is 10.2 Å². The number of halogens is 1. The second-order valence-corrected chi connectivity index (χ2v) is 7.36. The number of guanidine groups is 1. The van der Waals surface area contributed by atoms with Gasteiger partial charge in [-0.2, -0.15) is 0 Å². The minimum atomic E-state index is -0.816. The Morgan fingerprint density at radius 2 is 1.77 bits per heavy atom. The van der Waals surface area contributed by atoms with Crippen LogP contribution in [0, 0.1) is 5.82 Å². The Hall–Kier alpha value is -3.62. The molecule has 0 aromatic heterocycles. The molecule has 1 fully saturated rings. The molecule has 2 aliphatic heterocycles. The first kappa shape index (κ1) is 20.6. The van der Waals surface area contributed by atoms with Crippen LogP contribution in [0.5, 0.6) is 5.75 Å². The van der Waals surface area contributed by atoms with Crippen LogP contribution in [-0.4, -0.2) is 62.0 Å². The number of methoxy groups -OCH3 is 1. The number of piperazine rings is 1. The van der Waals surface area contributed by atoms with Crippen molar-refractivity contribution in [2.24, 2.45) is 4.99 Å². The van der Waals surface area contributed by atoms with Gasteiger partial charge in [-0.05, 0) is 36.4 Å². The van der Waals surface area contributed by atoms with E-state index in [-0.39, 0.29) is 24.1 Å². The average Bonchev–Trinajstić information content (AvgIpc) is 2.79. The number of amides is 2. The number of benzene rings is 2. The number of aliphatic imine (C=N–C) groups is 1. The summed E-state index contributed by atoms with van der Waals surface area (Å²) < 4.78 is 18.4. The van der Waals surface area contributed by atoms with Crippen LogP contribution < -0.4 is 20.3 Å². The van der Waals surface area contributed by atoms with Gasteiger partial charge in [-0.15, -0.1) is 0 Å². The van der Waals surface area contributed by atoms with Crippen LogP contribution >= 0.6 is 0 Å². The SMILES string of the molecule is COc1ccccc1NC(=O)C1CC(=O)NC(N2CCN(c3ccc(F)cc3)CC2)=N1. The monoisotopic (exact) mass is 425 g/mol. The maximum absolute atomic E-state index is 13.2. The van der Waals surface area contributed by atoms with E-state index >= 15 is 0 Å². The van der Waals surface area contributed by atoms with Crippen molar-refractivity contribution in [1.29, 1.82) is 0 Å². The van der Waals surface area contributed by atoms with E-state index in [0.29, 0.717) is 43.6 Å². The van der Waals surface area contributed by atoms with E-state index in [1.165, 1.54) is 19.2 Å². The van der Waals surface area contributed by atoms with Crippen LogP contribution in [0.4, 0.5) is 15.8 Å². The topological polar surface area (TPSA) is 86.3 Å². The summed E-state index contributed by atoms with van der Waals surface area (Å²) in [4.78, 5) is 33.6. The normalized spacial score (nSPS) is 18.8. The van der Waals surface area contributed by atoms with E-state index in [1.54, 1.807) is 30.3 Å². The molecule has 2 aromatic rings. The molecule has 1 atom stereocenters. The predicted octanol–water partition coefficient (Wildman–Crippen LogP) is 1.84. The first-order valence-electron chi connectivity index (χ1n) is 10.1. The zero-order chi connectivity index (χ0) is 21.8. The molecular weight excluding hydrogens is 401 g/mol. The van der Waals surface area contributed by atoms with Crippen molar-refractivity contribution >= 4 is 29.1 Å². The summed E-state index contributed by atoms with van der Waals surface area (Å²) in [6.45, 7) is 2.63. The van der Waals surface area contributed by atoms with Gasteiger partial charge in [0.1, 0.15) is 17.6 Å². The highest BCUT2D eigenvalue weighted by atomic mass is 19.1. The van der Waals surface area contributed by atoms with E-state index in [2.05, 4.69) is 20.5 Å². The van der Waals surface area contributed by atoms with E-state index in [0.717, 1.165) is 5.69 Å². The largest absolute Gasteiger partial charge is 0.495 e. The molecule has 1 unspecified atom stereocenters. The predicted molar refractivity (Wildman–Crippen MR) is 116 cm³/mol. The van der Waals surface area contributed by atoms with Crippen LogP contribution in [0.1, 0.15) is 6.42 Å². The molecule has 0 radical (unpaired) electrons. The number of hydrogen-bond acceptors (Lipinski definition) is 6. The van der Waals surface area contributed by atoms with Crippen LogP contribution in [-0.2, 0) is 9.59 Å². The van der Waals surface area contributed by atoms with E-state index in [4.69, 9.17) is 4.74 Å². The van der Waals surface area contributed by atoms with Gasteiger partial charge < -0.3 is 19.9 Å². The zero-order valence-corrected chi connectivity index (χ0v) is 17.2. The summed E-state index contributed by atoms with van der Waals surface area (Å²) >= 11 is 0. The number of nitrogens with zero attached hydrogens (tertiary/aromatic N) is 3. The van der Waals surface area contributed by atoms with E-state index in [9.17, 15) is 14.0 Å². The Morgan fingerprint density at radius 1 is 1.10 bits per heavy atom. The van der Waals surface area contributed by atoms with Crippen LogP contribution in [0.15, 0.2) is 53.5 Å². The molecular formula is C22H24FN5O3. The number of nitrogens with one attached hydrogen (secondary N) is 2. The number of anilines is 2. The number of carbonyl (C=O) groups excluding carboxylic acids is 2. The summed E-state index contributed by atoms with van der Waals surface area (Å²) in [5.41, 5.74) is 1.48. The van der Waals surface area contributed by atoms with Crippen molar-refractivity contribution in [3.05, 3.63) is 54.3 Å². The van der Waals surface area contributed by atoms with Gasteiger partial charge in [0.25, 0.3) is 0 Å². The maximum Gasteiger partial charge on any atom is 0.249 e. The lowest BCUT2D eigenvalue weighted by Gasteiger charge is -2.38. The molecule has 2 aromatic carbocycles. The molecule has 0 aliphatic carbocycles. The lowest BCUT2D eigenvalue weighted by atomic mass is 10.1. The Kier molecular flexibility index (Phi) is 6.01. The van der Waals surface area contributed by atoms with Gasteiger partial charge in [-0.1, -0.05) is 12.1 Å². The summed E-state index contributed by atoms with van der Waals surface area (Å²) in [6, 6.07) is 12.7. The number of rotatable bonds is 4. The summed E-state index contributed by atoms with van der Waals surface area (Å²) in [5.74, 6) is 0.0828. The van der Waals surface area contributed by atoms with Gasteiger partial charge in [0, 0.05) is 31.9 Å². The minimum Gasteiger partial charge on any atom is -0.495 e. The minimum absolute atomic E-state index is 0.0139. The molecule has 2 aliphatic rings. The van der Waals surface area contributed by atoms with Crippen LogP contribution in [0.25, 0.3) is 0 Å². The first-order valence-corrected chi connectivity index (χ1v) is 10.1. The summed E-state index contributed by atoms with van der Waals surface area (Å²) in [5, 5.41) is 5.58. The quantitative estimate of drug-likeness (QED) is 0.781. The van der Waals surface area contributed by atoms with Crippen LogP contribution in [0.3, 0.4) is 0 Å². The highest BCUT2D eigenvalue weighted by molar-refractivity contribution is 6.06. The third kappa shape index (κ3) is 4.76. The van der Waals surface area contributed by atoms with Crippen molar-refractivity contribution in [2.75, 3.05) is 43.5 Å². The third-order valence-electron chi connectivity index (χ3n) is 5.35. The number of para-hydroxylation sites is 2. The first-order chi connectivity index (χ1) is 15.0. The Bertz CT molecular complexity index is 987. The molecule has 9 heteroatoms. The fourth-order valence-corrected chi connectivity index (χ4v) is 3.68. The molecule has 4 rings (SSSR count). The average molecular weight is 425 g/mol. The second-order valence-electron chi connectivity index (χ2n) is 7.36. The lowest BCUT2D eigenvalue weighted by Crippen LogP contribution is -2.56. The number of hydrogen-bond donors (Lipinski definition) is 2. The van der Waals surface area contributed by atoms with Gasteiger partial charge in [0.2, 0.25) is 17.8 Å². The van der Waals surface area contributed by atoms with Crippen LogP contribution in [0.2, 0.25) is 0 Å². The number of carbonyl (C=O) groups is 2. The molecule has 2 heterocycles. The maximum atomic E-state index is 13.2. The lowest BCUT2D eigenvalue weighted by molar-refractivity contribution is -0.125. The zero-order valence-electron chi connectivity index (χ0n) is 17.2. The molecule has 2 N–H and O–H groups in total. The standard InChI is InChI=1S/C22H24FN5O3/c1-31-19-5-3-2-4-17(19)24-21(30)18-14-20(29)26-22(25-18)28-12-10-27(11-13-28)16-8-6-15(23)7-9-16/h2-9,18H,10-14H2,1H3,(H,24,30)(H,25,26,29). The molecule has 1 saturated heterocycles. The molecule has 0 bridgehead atoms. The molecule has 0 saturated carbocycles. The van der Waals surface area contributed by atoms with Crippen molar-refractivity contribution < 1.29 is 18.7 Å². The van der Waals surface area contributed by atoms with E-state index < -0.39 is 6.04 Å². The molecule has 0 spiro atoms.